The highest BCUT2D eigenvalue weighted by Crippen LogP contribution is 2.09. The normalized spacial score (nSPS) is 15.3. The Morgan fingerprint density at radius 1 is 0.897 bits per heavy atom. The molecule has 0 aromatic carbocycles. The Labute approximate surface area is 177 Å². The number of carbonyl (C=O) groups is 4. The Hall–Kier alpha value is -1.81. The molecule has 4 unspecified atom stereocenters. The van der Waals surface area contributed by atoms with Gasteiger partial charge in [-0.05, 0) is 43.6 Å². The van der Waals surface area contributed by atoms with Crippen molar-refractivity contribution < 1.29 is 24.3 Å². The molecule has 0 spiro atoms. The van der Waals surface area contributed by atoms with Crippen molar-refractivity contribution in [1.29, 1.82) is 0 Å². The fourth-order valence-corrected chi connectivity index (χ4v) is 3.02. The molecule has 29 heavy (non-hydrogen) atoms. The Balaban J connectivity index is 5.37. The van der Waals surface area contributed by atoms with E-state index in [0.29, 0.717) is 18.6 Å². The molecule has 0 saturated carbocycles. The number of nitrogens with two attached hydrogens (primary N) is 1. The Morgan fingerprint density at radius 3 is 1.83 bits per heavy atom. The van der Waals surface area contributed by atoms with Crippen LogP contribution in [0.4, 0.5) is 0 Å². The lowest BCUT2D eigenvalue weighted by atomic mass is 10.00. The van der Waals surface area contributed by atoms with E-state index in [4.69, 9.17) is 5.73 Å². The molecule has 0 aromatic rings. The molecule has 168 valence electrons. The maximum absolute atomic E-state index is 12.8. The minimum Gasteiger partial charge on any atom is -0.480 e. The molecule has 0 aromatic heterocycles. The first-order valence-corrected chi connectivity index (χ1v) is 11.2. The van der Waals surface area contributed by atoms with Crippen LogP contribution in [-0.4, -0.2) is 65.0 Å². The van der Waals surface area contributed by atoms with E-state index in [9.17, 15) is 24.3 Å². The number of nitrogens with one attached hydrogen (secondary N) is 3. The second kappa shape index (κ2) is 13.4. The van der Waals surface area contributed by atoms with E-state index in [-0.39, 0.29) is 11.8 Å². The molecule has 0 aliphatic heterocycles. The van der Waals surface area contributed by atoms with E-state index >= 15 is 0 Å². The number of hydrogen-bond donors (Lipinski definition) is 5. The number of amides is 3. The van der Waals surface area contributed by atoms with Gasteiger partial charge in [-0.25, -0.2) is 4.79 Å². The van der Waals surface area contributed by atoms with Crippen LogP contribution < -0.4 is 21.7 Å². The van der Waals surface area contributed by atoms with Crippen LogP contribution in [0.15, 0.2) is 0 Å². The van der Waals surface area contributed by atoms with Gasteiger partial charge in [0, 0.05) is 0 Å². The summed E-state index contributed by atoms with van der Waals surface area (Å²) >= 11 is 1.53. The number of thioether (sulfide) groups is 1. The van der Waals surface area contributed by atoms with E-state index in [2.05, 4.69) is 16.0 Å². The SMILES string of the molecule is CSCCC(NC(=O)C(C)N)C(=O)NC(CC(C)C)C(=O)NC(C(=O)O)C(C)C. The molecule has 9 nitrogen and oxygen atoms in total. The zero-order chi connectivity index (χ0) is 22.7. The summed E-state index contributed by atoms with van der Waals surface area (Å²) in [7, 11) is 0. The van der Waals surface area contributed by atoms with Crippen LogP contribution in [0.1, 0.15) is 47.5 Å². The van der Waals surface area contributed by atoms with Crippen LogP contribution in [0.2, 0.25) is 0 Å². The summed E-state index contributed by atoms with van der Waals surface area (Å²) in [4.78, 5) is 48.8. The van der Waals surface area contributed by atoms with Crippen LogP contribution in [0.3, 0.4) is 0 Å². The molecule has 0 heterocycles. The van der Waals surface area contributed by atoms with Gasteiger partial charge >= 0.3 is 5.97 Å². The molecule has 0 aliphatic carbocycles. The van der Waals surface area contributed by atoms with Gasteiger partial charge in [-0.3, -0.25) is 14.4 Å². The van der Waals surface area contributed by atoms with Gasteiger partial charge in [0.15, 0.2) is 0 Å². The lowest BCUT2D eigenvalue weighted by Gasteiger charge is -2.26. The smallest absolute Gasteiger partial charge is 0.326 e. The van der Waals surface area contributed by atoms with Gasteiger partial charge in [0.05, 0.1) is 6.04 Å². The number of carboxylic acids is 1. The first-order valence-electron chi connectivity index (χ1n) is 9.79. The first-order chi connectivity index (χ1) is 13.4. The molecule has 3 amide bonds. The second-order valence-corrected chi connectivity index (χ2v) is 8.88. The monoisotopic (exact) mass is 432 g/mol. The summed E-state index contributed by atoms with van der Waals surface area (Å²) in [5, 5.41) is 17.1. The van der Waals surface area contributed by atoms with Gasteiger partial charge < -0.3 is 26.8 Å². The highest BCUT2D eigenvalue weighted by atomic mass is 32.2. The average molecular weight is 433 g/mol. The third-order valence-corrected chi connectivity index (χ3v) is 4.87. The third kappa shape index (κ3) is 10.5. The van der Waals surface area contributed by atoms with Crippen molar-refractivity contribution in [3.63, 3.8) is 0 Å². The predicted octanol–water partition coefficient (Wildman–Crippen LogP) is 0.328. The van der Waals surface area contributed by atoms with Crippen molar-refractivity contribution in [2.45, 2.75) is 71.6 Å². The van der Waals surface area contributed by atoms with Gasteiger partial charge in [-0.15, -0.1) is 0 Å². The molecule has 0 radical (unpaired) electrons. The Morgan fingerprint density at radius 2 is 1.41 bits per heavy atom. The topological polar surface area (TPSA) is 151 Å². The zero-order valence-electron chi connectivity index (χ0n) is 18.2. The maximum atomic E-state index is 12.8. The zero-order valence-corrected chi connectivity index (χ0v) is 19.0. The maximum Gasteiger partial charge on any atom is 0.326 e. The number of hydrogen-bond acceptors (Lipinski definition) is 6. The van der Waals surface area contributed by atoms with Crippen molar-refractivity contribution in [1.82, 2.24) is 16.0 Å². The van der Waals surface area contributed by atoms with Gasteiger partial charge in [0.2, 0.25) is 17.7 Å². The van der Waals surface area contributed by atoms with Gasteiger partial charge in [-0.1, -0.05) is 27.7 Å². The van der Waals surface area contributed by atoms with E-state index in [0.717, 1.165) is 0 Å². The van der Waals surface area contributed by atoms with Crippen molar-refractivity contribution in [3.05, 3.63) is 0 Å². The quantitative estimate of drug-likeness (QED) is 0.281. The highest BCUT2D eigenvalue weighted by molar-refractivity contribution is 7.98. The fraction of sp³-hybridized carbons (Fsp3) is 0.789. The summed E-state index contributed by atoms with van der Waals surface area (Å²) in [5.74, 6) is -2.25. The molecule has 0 rings (SSSR count). The van der Waals surface area contributed by atoms with Gasteiger partial charge in [0.25, 0.3) is 0 Å². The molecule has 4 atom stereocenters. The molecule has 0 aliphatic rings. The molecule has 0 saturated heterocycles. The summed E-state index contributed by atoms with van der Waals surface area (Å²) in [6.07, 6.45) is 2.60. The molecule has 0 fully saturated rings. The van der Waals surface area contributed by atoms with E-state index in [1.54, 1.807) is 13.8 Å². The Kier molecular flexibility index (Phi) is 12.6. The summed E-state index contributed by atoms with van der Waals surface area (Å²) in [6, 6.07) is -3.56. The fourth-order valence-electron chi connectivity index (χ4n) is 2.55. The third-order valence-electron chi connectivity index (χ3n) is 4.23. The lowest BCUT2D eigenvalue weighted by molar-refractivity contribution is -0.143. The first kappa shape index (κ1) is 27.2. The van der Waals surface area contributed by atoms with Crippen LogP contribution in [0.25, 0.3) is 0 Å². The molecular weight excluding hydrogens is 396 g/mol. The molecular formula is C19H36N4O5S. The van der Waals surface area contributed by atoms with Crippen molar-refractivity contribution in [2.24, 2.45) is 17.6 Å². The van der Waals surface area contributed by atoms with E-state index in [1.165, 1.54) is 18.7 Å². The van der Waals surface area contributed by atoms with Gasteiger partial charge in [0.1, 0.15) is 18.1 Å². The minimum atomic E-state index is -1.13. The van der Waals surface area contributed by atoms with Crippen LogP contribution in [0, 0.1) is 11.8 Å². The molecule has 10 heteroatoms. The van der Waals surface area contributed by atoms with Crippen molar-refractivity contribution in [2.75, 3.05) is 12.0 Å². The summed E-state index contributed by atoms with van der Waals surface area (Å²) in [5.41, 5.74) is 5.57. The summed E-state index contributed by atoms with van der Waals surface area (Å²) < 4.78 is 0. The number of carboxylic acid groups (broad SMARTS) is 1. The van der Waals surface area contributed by atoms with Gasteiger partial charge in [-0.2, -0.15) is 11.8 Å². The minimum absolute atomic E-state index is 0.0803. The Bertz CT molecular complexity index is 569. The van der Waals surface area contributed by atoms with E-state index < -0.39 is 47.9 Å². The predicted molar refractivity (Wildman–Crippen MR) is 114 cm³/mol. The van der Waals surface area contributed by atoms with Crippen molar-refractivity contribution >= 4 is 35.5 Å². The number of carbonyl (C=O) groups excluding carboxylic acids is 3. The second-order valence-electron chi connectivity index (χ2n) is 7.89. The van der Waals surface area contributed by atoms with Crippen molar-refractivity contribution in [3.8, 4) is 0 Å². The van der Waals surface area contributed by atoms with Crippen LogP contribution >= 0.6 is 11.8 Å². The average Bonchev–Trinajstić information content (AvgIpc) is 2.60. The number of aliphatic carboxylic acids is 1. The van der Waals surface area contributed by atoms with Crippen LogP contribution in [-0.2, 0) is 19.2 Å². The number of rotatable bonds is 13. The highest BCUT2D eigenvalue weighted by Gasteiger charge is 2.31. The summed E-state index contributed by atoms with van der Waals surface area (Å²) in [6.45, 7) is 8.69. The van der Waals surface area contributed by atoms with E-state index in [1.807, 2.05) is 20.1 Å². The lowest BCUT2D eigenvalue weighted by Crippen LogP contribution is -2.57. The largest absolute Gasteiger partial charge is 0.480 e. The molecule has 6 N–H and O–H groups in total. The van der Waals surface area contributed by atoms with Crippen LogP contribution in [0.5, 0.6) is 0 Å². The standard InChI is InChI=1S/C19H36N4O5S/c1-10(2)9-14(18(26)23-15(11(3)4)19(27)28)22-17(25)13(7-8-29-6)21-16(24)12(5)20/h10-15H,7-9,20H2,1-6H3,(H,21,24)(H,22,25)(H,23,26)(H,27,28). The molecule has 0 bridgehead atoms.